The zero-order valence-electron chi connectivity index (χ0n) is 18.1. The molecular formula is C22H23Cl2N3O4S. The van der Waals surface area contributed by atoms with Crippen molar-refractivity contribution in [1.82, 2.24) is 14.5 Å². The van der Waals surface area contributed by atoms with E-state index in [1.807, 2.05) is 0 Å². The summed E-state index contributed by atoms with van der Waals surface area (Å²) < 4.78 is 32.2. The third-order valence-corrected chi connectivity index (χ3v) is 6.95. The fraction of sp³-hybridized carbons (Fsp3) is 0.318. The number of sulfone groups is 1. The zero-order chi connectivity index (χ0) is 23.6. The molecule has 0 aliphatic rings. The van der Waals surface area contributed by atoms with E-state index in [1.165, 1.54) is 10.6 Å². The zero-order valence-corrected chi connectivity index (χ0v) is 20.5. The van der Waals surface area contributed by atoms with Gasteiger partial charge in [-0.1, -0.05) is 30.1 Å². The molecule has 2 heterocycles. The predicted molar refractivity (Wildman–Crippen MR) is 127 cm³/mol. The molecule has 0 aliphatic heterocycles. The lowest BCUT2D eigenvalue weighted by atomic mass is 10.1. The van der Waals surface area contributed by atoms with Crippen molar-refractivity contribution in [1.29, 1.82) is 0 Å². The Bertz CT molecular complexity index is 1290. The van der Waals surface area contributed by atoms with Crippen LogP contribution in [-0.4, -0.2) is 28.7 Å². The number of halogens is 2. The minimum Gasteiger partial charge on any atom is -0.422 e. The number of rotatable bonds is 7. The molecule has 3 aromatic rings. The molecule has 7 nitrogen and oxygen atoms in total. The molecule has 170 valence electrons. The smallest absolute Gasteiger partial charge is 0.322 e. The van der Waals surface area contributed by atoms with E-state index >= 15 is 0 Å². The highest BCUT2D eigenvalue weighted by Crippen LogP contribution is 2.35. The van der Waals surface area contributed by atoms with Crippen LogP contribution < -0.4 is 10.3 Å². The molecule has 0 saturated heterocycles. The number of aromatic nitrogens is 3. The van der Waals surface area contributed by atoms with E-state index in [2.05, 4.69) is 9.97 Å². The lowest BCUT2D eigenvalue weighted by molar-refractivity contribution is 0.438. The number of nitrogens with zero attached hydrogens (tertiary/aromatic N) is 3. The highest BCUT2D eigenvalue weighted by molar-refractivity contribution is 7.90. The van der Waals surface area contributed by atoms with E-state index in [-0.39, 0.29) is 33.8 Å². The van der Waals surface area contributed by atoms with Crippen molar-refractivity contribution in [3.05, 3.63) is 67.7 Å². The van der Waals surface area contributed by atoms with Gasteiger partial charge < -0.3 is 9.30 Å². The number of ether oxygens (including phenoxy) is 1. The molecule has 10 heteroatoms. The van der Waals surface area contributed by atoms with Crippen LogP contribution >= 0.6 is 23.2 Å². The molecule has 0 unspecified atom stereocenters. The van der Waals surface area contributed by atoms with Gasteiger partial charge in [0.1, 0.15) is 0 Å². The molecule has 2 aromatic heterocycles. The van der Waals surface area contributed by atoms with Gasteiger partial charge in [0.2, 0.25) is 0 Å². The van der Waals surface area contributed by atoms with Crippen molar-refractivity contribution in [3.8, 4) is 23.0 Å². The first kappa shape index (κ1) is 24.2. The van der Waals surface area contributed by atoms with Gasteiger partial charge >= 0.3 is 6.01 Å². The van der Waals surface area contributed by atoms with E-state index in [9.17, 15) is 13.2 Å². The first-order valence-corrected chi connectivity index (χ1v) is 12.5. The summed E-state index contributed by atoms with van der Waals surface area (Å²) in [6.45, 7) is 5.28. The van der Waals surface area contributed by atoms with Crippen molar-refractivity contribution in [2.75, 3.05) is 5.75 Å². The molecule has 0 radical (unpaired) electrons. The third kappa shape index (κ3) is 5.68. The Hall–Kier alpha value is -2.42. The summed E-state index contributed by atoms with van der Waals surface area (Å²) in [5.74, 6) is 0.112. The molecule has 0 atom stereocenters. The molecule has 0 spiro atoms. The number of benzene rings is 1. The minimum absolute atomic E-state index is 0.0452. The van der Waals surface area contributed by atoms with Crippen LogP contribution in [0, 0.1) is 13.8 Å². The van der Waals surface area contributed by atoms with E-state index in [0.29, 0.717) is 39.6 Å². The summed E-state index contributed by atoms with van der Waals surface area (Å²) >= 11 is 12.3. The van der Waals surface area contributed by atoms with Crippen LogP contribution in [0.3, 0.4) is 0 Å². The predicted octanol–water partition coefficient (Wildman–Crippen LogP) is 4.88. The van der Waals surface area contributed by atoms with Gasteiger partial charge in [0, 0.05) is 29.4 Å². The standard InChI is InChI=1S/C22H23Cl2N3O4S/c1-5-6-32(29,30)12-17-10-19(15-7-14(3)21(28)27(4)11-15)26-22(25-17)31-20-13(2)8-16(23)9-18(20)24/h7-11H,5-6,12H2,1-4H3. The van der Waals surface area contributed by atoms with Gasteiger partial charge in [-0.25, -0.2) is 8.42 Å². The molecule has 0 N–H and O–H groups in total. The first-order valence-electron chi connectivity index (χ1n) is 9.88. The number of hydrogen-bond donors (Lipinski definition) is 0. The summed E-state index contributed by atoms with van der Waals surface area (Å²) in [7, 11) is -1.72. The number of pyridine rings is 1. The highest BCUT2D eigenvalue weighted by Gasteiger charge is 2.18. The molecule has 0 aliphatic carbocycles. The average Bonchev–Trinajstić information content (AvgIpc) is 2.67. The largest absolute Gasteiger partial charge is 0.422 e. The monoisotopic (exact) mass is 495 g/mol. The molecule has 0 fully saturated rings. The van der Waals surface area contributed by atoms with Crippen LogP contribution in [0.1, 0.15) is 30.2 Å². The molecule has 1 aromatic carbocycles. The van der Waals surface area contributed by atoms with Gasteiger partial charge in [0.25, 0.3) is 5.56 Å². The second-order valence-electron chi connectivity index (χ2n) is 7.58. The van der Waals surface area contributed by atoms with Crippen LogP contribution in [-0.2, 0) is 22.6 Å². The first-order chi connectivity index (χ1) is 15.0. The number of hydrogen-bond acceptors (Lipinski definition) is 6. The topological polar surface area (TPSA) is 91.2 Å². The van der Waals surface area contributed by atoms with Gasteiger partial charge in [-0.15, -0.1) is 0 Å². The number of aryl methyl sites for hydroxylation is 3. The fourth-order valence-electron chi connectivity index (χ4n) is 3.28. The second kappa shape index (κ2) is 9.60. The Morgan fingerprint density at radius 1 is 1.06 bits per heavy atom. The fourth-order valence-corrected chi connectivity index (χ4v) is 5.28. The minimum atomic E-state index is -3.36. The Morgan fingerprint density at radius 2 is 1.78 bits per heavy atom. The Kier molecular flexibility index (Phi) is 7.27. The lowest BCUT2D eigenvalue weighted by Gasteiger charge is -2.13. The van der Waals surface area contributed by atoms with Crippen molar-refractivity contribution in [2.24, 2.45) is 7.05 Å². The Labute approximate surface area is 196 Å². The Balaban J connectivity index is 2.14. The summed E-state index contributed by atoms with van der Waals surface area (Å²) in [5.41, 5.74) is 2.42. The maximum atomic E-state index is 12.4. The molecule has 0 amide bonds. The molecule has 0 saturated carbocycles. The van der Waals surface area contributed by atoms with Crippen LogP contribution in [0.5, 0.6) is 11.8 Å². The molecular weight excluding hydrogens is 473 g/mol. The van der Waals surface area contributed by atoms with Gasteiger partial charge in [0.15, 0.2) is 15.6 Å². The van der Waals surface area contributed by atoms with Crippen LogP contribution in [0.2, 0.25) is 10.0 Å². The highest BCUT2D eigenvalue weighted by atomic mass is 35.5. The van der Waals surface area contributed by atoms with Gasteiger partial charge in [0.05, 0.1) is 27.9 Å². The summed E-state index contributed by atoms with van der Waals surface area (Å²) in [6, 6.07) is 6.46. The van der Waals surface area contributed by atoms with Gasteiger partial charge in [-0.05, 0) is 50.1 Å². The van der Waals surface area contributed by atoms with Gasteiger partial charge in [-0.2, -0.15) is 9.97 Å². The quantitative estimate of drug-likeness (QED) is 0.463. The van der Waals surface area contributed by atoms with Crippen LogP contribution in [0.15, 0.2) is 35.3 Å². The lowest BCUT2D eigenvalue weighted by Crippen LogP contribution is -2.18. The van der Waals surface area contributed by atoms with Crippen molar-refractivity contribution in [3.63, 3.8) is 0 Å². The second-order valence-corrected chi connectivity index (χ2v) is 10.6. The van der Waals surface area contributed by atoms with Crippen LogP contribution in [0.25, 0.3) is 11.3 Å². The third-order valence-electron chi connectivity index (χ3n) is 4.69. The van der Waals surface area contributed by atoms with Crippen molar-refractivity contribution in [2.45, 2.75) is 32.9 Å². The van der Waals surface area contributed by atoms with Crippen molar-refractivity contribution < 1.29 is 13.2 Å². The average molecular weight is 496 g/mol. The van der Waals surface area contributed by atoms with E-state index in [4.69, 9.17) is 27.9 Å². The van der Waals surface area contributed by atoms with E-state index < -0.39 is 9.84 Å². The van der Waals surface area contributed by atoms with Gasteiger partial charge in [-0.3, -0.25) is 4.79 Å². The van der Waals surface area contributed by atoms with E-state index in [0.717, 1.165) is 0 Å². The molecule has 32 heavy (non-hydrogen) atoms. The maximum absolute atomic E-state index is 12.4. The molecule has 0 bridgehead atoms. The maximum Gasteiger partial charge on any atom is 0.322 e. The Morgan fingerprint density at radius 3 is 2.41 bits per heavy atom. The van der Waals surface area contributed by atoms with Crippen molar-refractivity contribution >= 4 is 33.0 Å². The molecule has 3 rings (SSSR count). The van der Waals surface area contributed by atoms with Crippen LogP contribution in [0.4, 0.5) is 0 Å². The summed E-state index contributed by atoms with van der Waals surface area (Å²) in [4.78, 5) is 20.9. The van der Waals surface area contributed by atoms with E-state index in [1.54, 1.807) is 52.2 Å². The normalized spacial score (nSPS) is 11.6. The SMILES string of the molecule is CCCS(=O)(=O)Cc1cc(-c2cc(C)c(=O)n(C)c2)nc(Oc2c(C)cc(Cl)cc2Cl)n1. The summed E-state index contributed by atoms with van der Waals surface area (Å²) in [6.07, 6.45) is 2.13. The summed E-state index contributed by atoms with van der Waals surface area (Å²) in [5, 5.41) is 0.739.